The van der Waals surface area contributed by atoms with Crippen molar-refractivity contribution in [2.24, 2.45) is 0 Å². The first kappa shape index (κ1) is 20.2. The van der Waals surface area contributed by atoms with Gasteiger partial charge in [0.25, 0.3) is 0 Å². The molecule has 0 spiro atoms. The standard InChI is InChI=1S/C22H29N5O/c1-18-7-5-8-19(15-18)17-27-25-21(16-24-12-6-11-23-13-14-28)22(26-27)20-9-3-2-4-10-20/h2-5,7-10,15,23-24,28H,6,11-14,16-17H2,1H3. The van der Waals surface area contributed by atoms with Crippen LogP contribution in [0.4, 0.5) is 0 Å². The molecule has 2 aromatic carbocycles. The molecule has 0 saturated heterocycles. The van der Waals surface area contributed by atoms with E-state index >= 15 is 0 Å². The van der Waals surface area contributed by atoms with Gasteiger partial charge < -0.3 is 15.7 Å². The Morgan fingerprint density at radius 1 is 0.929 bits per heavy atom. The fraction of sp³-hybridized carbons (Fsp3) is 0.364. The number of aryl methyl sites for hydroxylation is 1. The third-order valence-corrected chi connectivity index (χ3v) is 4.47. The molecule has 6 nitrogen and oxygen atoms in total. The summed E-state index contributed by atoms with van der Waals surface area (Å²) in [7, 11) is 0. The molecule has 1 heterocycles. The molecule has 0 atom stereocenters. The van der Waals surface area contributed by atoms with E-state index in [1.54, 1.807) is 4.80 Å². The average molecular weight is 380 g/mol. The number of benzene rings is 2. The van der Waals surface area contributed by atoms with Gasteiger partial charge in [-0.3, -0.25) is 0 Å². The van der Waals surface area contributed by atoms with Gasteiger partial charge in [-0.15, -0.1) is 0 Å². The molecule has 0 aliphatic carbocycles. The van der Waals surface area contributed by atoms with Gasteiger partial charge in [-0.05, 0) is 32.0 Å². The van der Waals surface area contributed by atoms with Crippen molar-refractivity contribution < 1.29 is 5.11 Å². The van der Waals surface area contributed by atoms with Gasteiger partial charge in [0.1, 0.15) is 11.4 Å². The van der Waals surface area contributed by atoms with Gasteiger partial charge in [0.15, 0.2) is 0 Å². The van der Waals surface area contributed by atoms with Gasteiger partial charge >= 0.3 is 0 Å². The van der Waals surface area contributed by atoms with E-state index in [1.807, 2.05) is 18.2 Å². The summed E-state index contributed by atoms with van der Waals surface area (Å²) in [6.07, 6.45) is 0.998. The smallest absolute Gasteiger partial charge is 0.117 e. The zero-order valence-corrected chi connectivity index (χ0v) is 16.4. The second kappa shape index (κ2) is 10.7. The molecule has 0 saturated carbocycles. The van der Waals surface area contributed by atoms with E-state index in [0.29, 0.717) is 19.6 Å². The van der Waals surface area contributed by atoms with Crippen LogP contribution in [0, 0.1) is 6.92 Å². The van der Waals surface area contributed by atoms with Crippen LogP contribution < -0.4 is 10.6 Å². The maximum Gasteiger partial charge on any atom is 0.117 e. The minimum atomic E-state index is 0.178. The van der Waals surface area contributed by atoms with Gasteiger partial charge in [0.2, 0.25) is 0 Å². The van der Waals surface area contributed by atoms with Crippen molar-refractivity contribution in [1.29, 1.82) is 0 Å². The highest BCUT2D eigenvalue weighted by Gasteiger charge is 2.13. The van der Waals surface area contributed by atoms with Crippen LogP contribution in [0.1, 0.15) is 23.2 Å². The summed E-state index contributed by atoms with van der Waals surface area (Å²) < 4.78 is 0. The van der Waals surface area contributed by atoms with Crippen LogP contribution in [0.2, 0.25) is 0 Å². The van der Waals surface area contributed by atoms with Crippen molar-refractivity contribution in [3.05, 3.63) is 71.4 Å². The molecule has 3 aromatic rings. The van der Waals surface area contributed by atoms with Crippen molar-refractivity contribution in [2.45, 2.75) is 26.4 Å². The maximum absolute atomic E-state index is 8.78. The fourth-order valence-electron chi connectivity index (χ4n) is 3.12. The van der Waals surface area contributed by atoms with Crippen LogP contribution >= 0.6 is 0 Å². The molecule has 0 bridgehead atoms. The van der Waals surface area contributed by atoms with Crippen LogP contribution in [-0.4, -0.2) is 46.3 Å². The van der Waals surface area contributed by atoms with Crippen molar-refractivity contribution in [3.63, 3.8) is 0 Å². The summed E-state index contributed by atoms with van der Waals surface area (Å²) in [5, 5.41) is 24.9. The topological polar surface area (TPSA) is 75.0 Å². The van der Waals surface area contributed by atoms with Crippen molar-refractivity contribution in [2.75, 3.05) is 26.2 Å². The SMILES string of the molecule is Cc1cccc(Cn2nc(CNCCCNCCO)c(-c3ccccc3)n2)c1. The van der Waals surface area contributed by atoms with E-state index in [2.05, 4.69) is 54.0 Å². The number of aliphatic hydroxyl groups is 1. The van der Waals surface area contributed by atoms with Crippen LogP contribution in [-0.2, 0) is 13.1 Å². The van der Waals surface area contributed by atoms with Crippen LogP contribution in [0.25, 0.3) is 11.3 Å². The molecule has 0 fully saturated rings. The monoisotopic (exact) mass is 379 g/mol. The van der Waals surface area contributed by atoms with E-state index in [4.69, 9.17) is 15.3 Å². The van der Waals surface area contributed by atoms with E-state index in [9.17, 15) is 0 Å². The number of hydrogen-bond acceptors (Lipinski definition) is 5. The Bertz CT molecular complexity index is 847. The molecule has 28 heavy (non-hydrogen) atoms. The lowest BCUT2D eigenvalue weighted by Crippen LogP contribution is -2.24. The number of nitrogens with zero attached hydrogens (tertiary/aromatic N) is 3. The van der Waals surface area contributed by atoms with Crippen LogP contribution in [0.5, 0.6) is 0 Å². The molecule has 0 unspecified atom stereocenters. The highest BCUT2D eigenvalue weighted by atomic mass is 16.3. The summed E-state index contributed by atoms with van der Waals surface area (Å²) in [5.41, 5.74) is 5.41. The second-order valence-electron chi connectivity index (χ2n) is 6.88. The lowest BCUT2D eigenvalue weighted by molar-refractivity contribution is 0.292. The Balaban J connectivity index is 1.67. The molecule has 1 aromatic heterocycles. The summed E-state index contributed by atoms with van der Waals surface area (Å²) in [5.74, 6) is 0. The predicted octanol–water partition coefficient (Wildman–Crippen LogP) is 2.36. The summed E-state index contributed by atoms with van der Waals surface area (Å²) in [6, 6.07) is 18.7. The van der Waals surface area contributed by atoms with E-state index in [0.717, 1.165) is 36.5 Å². The van der Waals surface area contributed by atoms with Crippen molar-refractivity contribution >= 4 is 0 Å². The molecule has 3 rings (SSSR count). The Labute approximate surface area is 166 Å². The molecule has 0 aliphatic heterocycles. The summed E-state index contributed by atoms with van der Waals surface area (Å²) in [4.78, 5) is 1.79. The molecule has 0 aliphatic rings. The van der Waals surface area contributed by atoms with Gasteiger partial charge in [0.05, 0.1) is 13.2 Å². The first-order chi connectivity index (χ1) is 13.8. The average Bonchev–Trinajstić information content (AvgIpc) is 3.10. The number of hydrogen-bond donors (Lipinski definition) is 3. The minimum absolute atomic E-state index is 0.178. The number of nitrogens with one attached hydrogen (secondary N) is 2. The number of aromatic nitrogens is 3. The molecule has 0 radical (unpaired) electrons. The first-order valence-corrected chi connectivity index (χ1v) is 9.83. The third kappa shape index (κ3) is 5.99. The van der Waals surface area contributed by atoms with Crippen LogP contribution in [0.15, 0.2) is 54.6 Å². The van der Waals surface area contributed by atoms with E-state index in [-0.39, 0.29) is 6.61 Å². The van der Waals surface area contributed by atoms with E-state index in [1.165, 1.54) is 11.1 Å². The lowest BCUT2D eigenvalue weighted by atomic mass is 10.1. The second-order valence-corrected chi connectivity index (χ2v) is 6.88. The molecule has 6 heteroatoms. The minimum Gasteiger partial charge on any atom is -0.395 e. The Morgan fingerprint density at radius 2 is 1.75 bits per heavy atom. The highest BCUT2D eigenvalue weighted by molar-refractivity contribution is 5.60. The molecule has 0 amide bonds. The van der Waals surface area contributed by atoms with Gasteiger partial charge in [-0.1, -0.05) is 60.2 Å². The normalized spacial score (nSPS) is 11.1. The summed E-state index contributed by atoms with van der Waals surface area (Å²) in [6.45, 7) is 6.03. The zero-order chi connectivity index (χ0) is 19.6. The summed E-state index contributed by atoms with van der Waals surface area (Å²) >= 11 is 0. The maximum atomic E-state index is 8.78. The first-order valence-electron chi connectivity index (χ1n) is 9.83. The van der Waals surface area contributed by atoms with Crippen LogP contribution in [0.3, 0.4) is 0 Å². The Kier molecular flexibility index (Phi) is 7.72. The fourth-order valence-corrected chi connectivity index (χ4v) is 3.12. The van der Waals surface area contributed by atoms with Crippen molar-refractivity contribution in [1.82, 2.24) is 25.6 Å². The van der Waals surface area contributed by atoms with Gasteiger partial charge in [-0.2, -0.15) is 15.0 Å². The largest absolute Gasteiger partial charge is 0.395 e. The van der Waals surface area contributed by atoms with E-state index < -0.39 is 0 Å². The molecule has 3 N–H and O–H groups in total. The predicted molar refractivity (Wildman–Crippen MR) is 112 cm³/mol. The quantitative estimate of drug-likeness (QED) is 0.446. The molecular formula is C22H29N5O. The molecular weight excluding hydrogens is 350 g/mol. The molecule has 148 valence electrons. The Morgan fingerprint density at radius 3 is 2.54 bits per heavy atom. The Hall–Kier alpha value is -2.54. The lowest BCUT2D eigenvalue weighted by Gasteiger charge is -2.05. The number of rotatable bonds is 11. The third-order valence-electron chi connectivity index (χ3n) is 4.47. The highest BCUT2D eigenvalue weighted by Crippen LogP contribution is 2.20. The zero-order valence-electron chi connectivity index (χ0n) is 16.4. The van der Waals surface area contributed by atoms with Crippen molar-refractivity contribution in [3.8, 4) is 11.3 Å². The number of aliphatic hydroxyl groups excluding tert-OH is 1. The van der Waals surface area contributed by atoms with Gasteiger partial charge in [-0.25, -0.2) is 0 Å². The van der Waals surface area contributed by atoms with Gasteiger partial charge in [0, 0.05) is 18.7 Å².